The molecule has 1 heterocycles. The van der Waals surface area contributed by atoms with Gasteiger partial charge in [0.15, 0.2) is 0 Å². The summed E-state index contributed by atoms with van der Waals surface area (Å²) in [5.41, 5.74) is 0. The van der Waals surface area contributed by atoms with Crippen molar-refractivity contribution >= 4 is 12.0 Å². The first-order valence-corrected chi connectivity index (χ1v) is 6.28. The van der Waals surface area contributed by atoms with Crippen LogP contribution in [0, 0.1) is 5.92 Å². The van der Waals surface area contributed by atoms with Gasteiger partial charge in [0.25, 0.3) is 0 Å². The second-order valence-electron chi connectivity index (χ2n) is 5.12. The van der Waals surface area contributed by atoms with Crippen molar-refractivity contribution in [2.24, 2.45) is 5.92 Å². The van der Waals surface area contributed by atoms with Crippen LogP contribution in [0.4, 0.5) is 4.79 Å². The third kappa shape index (κ3) is 3.87. The summed E-state index contributed by atoms with van der Waals surface area (Å²) in [4.78, 5) is 26.9. The van der Waals surface area contributed by atoms with Gasteiger partial charge in [-0.1, -0.05) is 13.8 Å². The normalized spacial score (nSPS) is 19.8. The van der Waals surface area contributed by atoms with E-state index in [-0.39, 0.29) is 5.91 Å². The number of hydrogen-bond donors (Lipinski definition) is 1. The molecule has 0 spiro atoms. The zero-order valence-corrected chi connectivity index (χ0v) is 11.6. The van der Waals surface area contributed by atoms with E-state index in [1.807, 2.05) is 13.8 Å². The van der Waals surface area contributed by atoms with E-state index in [1.54, 1.807) is 14.1 Å². The van der Waals surface area contributed by atoms with Gasteiger partial charge in [-0.2, -0.15) is 0 Å². The maximum absolute atomic E-state index is 12.0. The van der Waals surface area contributed by atoms with Crippen molar-refractivity contribution < 1.29 is 14.3 Å². The standard InChI is InChI=1S/C12H23N3O3/c1-9(2)8-18-12(17)15-6-5-13-7-10(15)11(16)14(3)4/h9-10,13H,5-8H2,1-4H3. The Balaban J connectivity index is 2.64. The lowest BCUT2D eigenvalue weighted by atomic mass is 10.2. The third-order valence-electron chi connectivity index (χ3n) is 2.74. The number of amides is 2. The molecule has 1 N–H and O–H groups in total. The molecule has 6 nitrogen and oxygen atoms in total. The Bertz CT molecular complexity index is 305. The molecule has 1 fully saturated rings. The van der Waals surface area contributed by atoms with Gasteiger partial charge in [0, 0.05) is 33.7 Å². The van der Waals surface area contributed by atoms with E-state index >= 15 is 0 Å². The number of hydrogen-bond acceptors (Lipinski definition) is 4. The summed E-state index contributed by atoms with van der Waals surface area (Å²) < 4.78 is 5.19. The van der Waals surface area contributed by atoms with Crippen molar-refractivity contribution in [3.63, 3.8) is 0 Å². The minimum atomic E-state index is -0.464. The van der Waals surface area contributed by atoms with Crippen LogP contribution in [0.5, 0.6) is 0 Å². The van der Waals surface area contributed by atoms with Gasteiger partial charge < -0.3 is 15.0 Å². The molecule has 1 rings (SSSR count). The van der Waals surface area contributed by atoms with Gasteiger partial charge in [-0.15, -0.1) is 0 Å². The van der Waals surface area contributed by atoms with Crippen LogP contribution in [-0.4, -0.2) is 68.2 Å². The molecule has 0 saturated carbocycles. The first-order valence-electron chi connectivity index (χ1n) is 6.28. The van der Waals surface area contributed by atoms with Crippen molar-refractivity contribution in [3.8, 4) is 0 Å². The number of piperazine rings is 1. The Morgan fingerprint density at radius 3 is 2.67 bits per heavy atom. The minimum Gasteiger partial charge on any atom is -0.449 e. The van der Waals surface area contributed by atoms with Gasteiger partial charge in [-0.05, 0) is 5.92 Å². The maximum atomic E-state index is 12.0. The topological polar surface area (TPSA) is 61.9 Å². The molecule has 1 aliphatic heterocycles. The molecular formula is C12H23N3O3. The van der Waals surface area contributed by atoms with E-state index in [1.165, 1.54) is 9.80 Å². The Morgan fingerprint density at radius 1 is 1.44 bits per heavy atom. The highest BCUT2D eigenvalue weighted by Gasteiger charge is 2.33. The lowest BCUT2D eigenvalue weighted by Gasteiger charge is -2.35. The summed E-state index contributed by atoms with van der Waals surface area (Å²) in [6, 6.07) is -0.464. The average Bonchev–Trinajstić information content (AvgIpc) is 2.34. The van der Waals surface area contributed by atoms with Crippen LogP contribution < -0.4 is 5.32 Å². The SMILES string of the molecule is CC(C)COC(=O)N1CCNCC1C(=O)N(C)C. The molecule has 0 aromatic rings. The van der Waals surface area contributed by atoms with E-state index in [9.17, 15) is 9.59 Å². The highest BCUT2D eigenvalue weighted by atomic mass is 16.6. The quantitative estimate of drug-likeness (QED) is 0.781. The van der Waals surface area contributed by atoms with Crippen LogP contribution in [0.3, 0.4) is 0 Å². The van der Waals surface area contributed by atoms with Crippen LogP contribution >= 0.6 is 0 Å². The molecule has 0 bridgehead atoms. The molecule has 1 saturated heterocycles. The smallest absolute Gasteiger partial charge is 0.410 e. The number of likely N-dealkylation sites (N-methyl/N-ethyl adjacent to an activating group) is 1. The molecule has 1 unspecified atom stereocenters. The molecule has 0 aromatic carbocycles. The van der Waals surface area contributed by atoms with Gasteiger partial charge in [-0.3, -0.25) is 9.69 Å². The van der Waals surface area contributed by atoms with Crippen molar-refractivity contribution in [3.05, 3.63) is 0 Å². The van der Waals surface area contributed by atoms with Crippen LogP contribution in [0.15, 0.2) is 0 Å². The van der Waals surface area contributed by atoms with E-state index < -0.39 is 12.1 Å². The van der Waals surface area contributed by atoms with Crippen LogP contribution in [-0.2, 0) is 9.53 Å². The predicted molar refractivity (Wildman–Crippen MR) is 68.2 cm³/mol. The summed E-state index contributed by atoms with van der Waals surface area (Å²) in [6.45, 7) is 6.01. The van der Waals surface area contributed by atoms with Crippen LogP contribution in [0.25, 0.3) is 0 Å². The first-order chi connectivity index (χ1) is 8.43. The summed E-state index contributed by atoms with van der Waals surface area (Å²) in [6.07, 6.45) is -0.398. The molecule has 1 aliphatic rings. The number of rotatable bonds is 3. The number of nitrogens with zero attached hydrogens (tertiary/aromatic N) is 2. The number of nitrogens with one attached hydrogen (secondary N) is 1. The molecule has 1 atom stereocenters. The van der Waals surface area contributed by atoms with Gasteiger partial charge in [0.05, 0.1) is 6.61 Å². The first kappa shape index (κ1) is 14.8. The lowest BCUT2D eigenvalue weighted by molar-refractivity contribution is -0.134. The summed E-state index contributed by atoms with van der Waals surface area (Å²) in [5, 5.41) is 3.12. The number of carbonyl (C=O) groups excluding carboxylic acids is 2. The lowest BCUT2D eigenvalue weighted by Crippen LogP contribution is -2.59. The van der Waals surface area contributed by atoms with Crippen molar-refractivity contribution in [2.45, 2.75) is 19.9 Å². The Morgan fingerprint density at radius 2 is 2.11 bits per heavy atom. The average molecular weight is 257 g/mol. The van der Waals surface area contributed by atoms with E-state index in [0.29, 0.717) is 32.2 Å². The molecule has 104 valence electrons. The van der Waals surface area contributed by atoms with Gasteiger partial charge >= 0.3 is 6.09 Å². The third-order valence-corrected chi connectivity index (χ3v) is 2.74. The fourth-order valence-corrected chi connectivity index (χ4v) is 1.76. The monoisotopic (exact) mass is 257 g/mol. The minimum absolute atomic E-state index is 0.0799. The van der Waals surface area contributed by atoms with Gasteiger partial charge in [0.2, 0.25) is 5.91 Å². The zero-order valence-electron chi connectivity index (χ0n) is 11.6. The van der Waals surface area contributed by atoms with Crippen molar-refractivity contribution in [1.82, 2.24) is 15.1 Å². The Hall–Kier alpha value is -1.30. The summed E-state index contributed by atoms with van der Waals surface area (Å²) in [5.74, 6) is 0.212. The maximum Gasteiger partial charge on any atom is 0.410 e. The van der Waals surface area contributed by atoms with Crippen molar-refractivity contribution in [2.75, 3.05) is 40.3 Å². The molecule has 6 heteroatoms. The largest absolute Gasteiger partial charge is 0.449 e. The zero-order chi connectivity index (χ0) is 13.7. The number of ether oxygens (including phenoxy) is 1. The molecule has 0 aliphatic carbocycles. The molecular weight excluding hydrogens is 234 g/mol. The highest BCUT2D eigenvalue weighted by Crippen LogP contribution is 2.09. The molecule has 18 heavy (non-hydrogen) atoms. The van der Waals surface area contributed by atoms with Gasteiger partial charge in [0.1, 0.15) is 6.04 Å². The van der Waals surface area contributed by atoms with Crippen LogP contribution in [0.1, 0.15) is 13.8 Å². The summed E-state index contributed by atoms with van der Waals surface area (Å²) in [7, 11) is 3.38. The van der Waals surface area contributed by atoms with Crippen LogP contribution in [0.2, 0.25) is 0 Å². The molecule has 0 radical (unpaired) electrons. The second kappa shape index (κ2) is 6.58. The fourth-order valence-electron chi connectivity index (χ4n) is 1.76. The molecule has 2 amide bonds. The van der Waals surface area contributed by atoms with E-state index in [2.05, 4.69) is 5.32 Å². The van der Waals surface area contributed by atoms with Gasteiger partial charge in [-0.25, -0.2) is 4.79 Å². The predicted octanol–water partition coefficient (Wildman–Crippen LogP) is 0.141. The number of carbonyl (C=O) groups is 2. The molecule has 0 aromatic heterocycles. The summed E-state index contributed by atoms with van der Waals surface area (Å²) >= 11 is 0. The van der Waals surface area contributed by atoms with E-state index in [0.717, 1.165) is 0 Å². The Kier molecular flexibility index (Phi) is 5.40. The second-order valence-corrected chi connectivity index (χ2v) is 5.12. The fraction of sp³-hybridized carbons (Fsp3) is 0.833. The highest BCUT2D eigenvalue weighted by molar-refractivity contribution is 5.85. The van der Waals surface area contributed by atoms with Crippen molar-refractivity contribution in [1.29, 1.82) is 0 Å². The Labute approximate surface area is 108 Å². The van der Waals surface area contributed by atoms with E-state index in [4.69, 9.17) is 4.74 Å².